The molecule has 0 fully saturated rings. The van der Waals surface area contributed by atoms with Crippen LogP contribution in [0.25, 0.3) is 6.08 Å². The fourth-order valence-corrected chi connectivity index (χ4v) is 5.93. The summed E-state index contributed by atoms with van der Waals surface area (Å²) in [5.74, 6) is 0.532. The fourth-order valence-electron chi connectivity index (χ4n) is 3.98. The van der Waals surface area contributed by atoms with Gasteiger partial charge in [-0.15, -0.1) is 0 Å². The number of methoxy groups -OCH3 is 1. The number of hydrogen-bond acceptors (Lipinski definition) is 7. The minimum Gasteiger partial charge on any atom is -0.493 e. The molecule has 1 aliphatic heterocycles. The van der Waals surface area contributed by atoms with Gasteiger partial charge < -0.3 is 14.2 Å². The number of halogens is 2. The van der Waals surface area contributed by atoms with Crippen LogP contribution in [0.1, 0.15) is 37.9 Å². The number of benzene rings is 2. The summed E-state index contributed by atoms with van der Waals surface area (Å²) in [6.45, 7) is 6.05. The molecule has 2 aromatic carbocycles. The van der Waals surface area contributed by atoms with E-state index in [0.29, 0.717) is 48.7 Å². The lowest BCUT2D eigenvalue weighted by Gasteiger charge is -2.26. The van der Waals surface area contributed by atoms with Crippen LogP contribution in [0.15, 0.2) is 61.9 Å². The quantitative estimate of drug-likeness (QED) is 0.270. The zero-order valence-electron chi connectivity index (χ0n) is 20.1. The maximum atomic E-state index is 13.8. The number of ether oxygens (including phenoxy) is 3. The first-order chi connectivity index (χ1) is 17.3. The lowest BCUT2D eigenvalue weighted by Crippen LogP contribution is -2.40. The molecule has 0 spiro atoms. The van der Waals surface area contributed by atoms with E-state index in [-0.39, 0.29) is 12.2 Å². The highest BCUT2D eigenvalue weighted by Gasteiger charge is 2.35. The van der Waals surface area contributed by atoms with Crippen LogP contribution in [-0.2, 0) is 9.53 Å². The molecule has 0 radical (unpaired) electrons. The first kappa shape index (κ1) is 26.6. The Labute approximate surface area is 234 Å². The van der Waals surface area contributed by atoms with Crippen LogP contribution in [-0.4, -0.2) is 30.9 Å². The number of carbonyl (C=O) groups excluding carboxylic acids is 1. The molecule has 10 heteroatoms. The van der Waals surface area contributed by atoms with Gasteiger partial charge in [0.1, 0.15) is 0 Å². The molecule has 36 heavy (non-hydrogen) atoms. The van der Waals surface area contributed by atoms with Crippen LogP contribution in [0.4, 0.5) is 0 Å². The standard InChI is InChI=1S/C26H24BrIN2O5S/c1-5-34-20-13-18(27)17(12-19(20)33-4)23-22(25(32)35-6-2)14(3)29-26-30(23)24(31)21(36-26)11-15-7-9-16(28)10-8-15/h7-13,23H,5-6H2,1-4H3/b21-11+/t23-/m1/s1. The predicted octanol–water partition coefficient (Wildman–Crippen LogP) is 4.57. The normalized spacial score (nSPS) is 15.4. The molecule has 0 aliphatic carbocycles. The summed E-state index contributed by atoms with van der Waals surface area (Å²) in [6.07, 6.45) is 1.84. The van der Waals surface area contributed by atoms with E-state index < -0.39 is 12.0 Å². The molecular weight excluding hydrogens is 659 g/mol. The number of allylic oxidation sites excluding steroid dienone is 1. The van der Waals surface area contributed by atoms with Crippen molar-refractivity contribution in [3.05, 3.63) is 86.5 Å². The molecule has 1 aliphatic rings. The number of aromatic nitrogens is 1. The van der Waals surface area contributed by atoms with Gasteiger partial charge in [-0.2, -0.15) is 0 Å². The van der Waals surface area contributed by atoms with E-state index in [2.05, 4.69) is 43.5 Å². The zero-order valence-corrected chi connectivity index (χ0v) is 24.7. The minimum atomic E-state index is -0.766. The van der Waals surface area contributed by atoms with Gasteiger partial charge in [-0.3, -0.25) is 9.36 Å². The van der Waals surface area contributed by atoms with Crippen molar-refractivity contribution < 1.29 is 19.0 Å². The summed E-state index contributed by atoms with van der Waals surface area (Å²) < 4.78 is 20.5. The van der Waals surface area contributed by atoms with Crippen molar-refractivity contribution in [3.63, 3.8) is 0 Å². The number of fused-ring (bicyclic) bond motifs is 1. The maximum Gasteiger partial charge on any atom is 0.338 e. The molecule has 7 nitrogen and oxygen atoms in total. The SMILES string of the molecule is CCOC(=O)C1=C(C)N=c2s/c(=C/c3ccc(I)cc3)c(=O)n2[C@@H]1c1cc(OC)c(OCC)cc1Br. The van der Waals surface area contributed by atoms with Crippen molar-refractivity contribution in [2.75, 3.05) is 20.3 Å². The molecule has 4 rings (SSSR count). The highest BCUT2D eigenvalue weighted by atomic mass is 127. The molecule has 0 saturated carbocycles. The average molecular weight is 683 g/mol. The Kier molecular flexibility index (Phi) is 8.36. The van der Waals surface area contributed by atoms with Gasteiger partial charge in [0.25, 0.3) is 5.56 Å². The third-order valence-electron chi connectivity index (χ3n) is 5.56. The molecule has 1 atom stereocenters. The molecule has 0 amide bonds. The first-order valence-corrected chi connectivity index (χ1v) is 13.9. The summed E-state index contributed by atoms with van der Waals surface area (Å²) >= 11 is 7.16. The Morgan fingerprint density at radius 2 is 1.92 bits per heavy atom. The van der Waals surface area contributed by atoms with Gasteiger partial charge in [0.2, 0.25) is 0 Å². The van der Waals surface area contributed by atoms with Crippen LogP contribution < -0.4 is 24.4 Å². The van der Waals surface area contributed by atoms with Crippen molar-refractivity contribution >= 4 is 61.9 Å². The largest absolute Gasteiger partial charge is 0.493 e. The number of thiazole rings is 1. The lowest BCUT2D eigenvalue weighted by atomic mass is 9.95. The third-order valence-corrected chi connectivity index (χ3v) is 7.95. The second-order valence-electron chi connectivity index (χ2n) is 7.81. The van der Waals surface area contributed by atoms with Crippen molar-refractivity contribution in [1.82, 2.24) is 4.57 Å². The highest BCUT2D eigenvalue weighted by Crippen LogP contribution is 2.41. The Morgan fingerprint density at radius 1 is 1.19 bits per heavy atom. The van der Waals surface area contributed by atoms with E-state index in [4.69, 9.17) is 14.2 Å². The van der Waals surface area contributed by atoms with Crippen LogP contribution in [0.2, 0.25) is 0 Å². The van der Waals surface area contributed by atoms with Crippen molar-refractivity contribution in [2.45, 2.75) is 26.8 Å². The first-order valence-electron chi connectivity index (χ1n) is 11.2. The molecule has 188 valence electrons. The van der Waals surface area contributed by atoms with Gasteiger partial charge in [0.05, 0.1) is 42.2 Å². The van der Waals surface area contributed by atoms with E-state index >= 15 is 0 Å². The Bertz CT molecular complexity index is 1530. The van der Waals surface area contributed by atoms with Gasteiger partial charge in [-0.25, -0.2) is 9.79 Å². The van der Waals surface area contributed by atoms with Gasteiger partial charge in [-0.05, 0) is 84.8 Å². The number of rotatable bonds is 7. The fraction of sp³-hybridized carbons (Fsp3) is 0.269. The van der Waals surface area contributed by atoms with Crippen molar-refractivity contribution in [2.24, 2.45) is 4.99 Å². The lowest BCUT2D eigenvalue weighted by molar-refractivity contribution is -0.139. The second-order valence-corrected chi connectivity index (χ2v) is 10.9. The Morgan fingerprint density at radius 3 is 2.56 bits per heavy atom. The Balaban J connectivity index is 1.99. The molecule has 1 aromatic heterocycles. The van der Waals surface area contributed by atoms with E-state index in [1.165, 1.54) is 11.3 Å². The van der Waals surface area contributed by atoms with E-state index in [1.54, 1.807) is 37.7 Å². The topological polar surface area (TPSA) is 79.1 Å². The van der Waals surface area contributed by atoms with E-state index in [1.807, 2.05) is 37.3 Å². The number of esters is 1. The smallest absolute Gasteiger partial charge is 0.338 e. The molecule has 0 unspecified atom stereocenters. The molecule has 2 heterocycles. The van der Waals surface area contributed by atoms with Crippen LogP contribution in [0.3, 0.4) is 0 Å². The summed E-state index contributed by atoms with van der Waals surface area (Å²) in [5.41, 5.74) is 2.13. The summed E-state index contributed by atoms with van der Waals surface area (Å²) in [6, 6.07) is 10.7. The number of hydrogen-bond donors (Lipinski definition) is 0. The molecule has 3 aromatic rings. The summed E-state index contributed by atoms with van der Waals surface area (Å²) in [4.78, 5) is 32.1. The van der Waals surface area contributed by atoms with Gasteiger partial charge >= 0.3 is 5.97 Å². The van der Waals surface area contributed by atoms with Crippen molar-refractivity contribution in [1.29, 1.82) is 0 Å². The van der Waals surface area contributed by atoms with Gasteiger partial charge in [0.15, 0.2) is 16.3 Å². The van der Waals surface area contributed by atoms with Gasteiger partial charge in [0, 0.05) is 8.04 Å². The second kappa shape index (κ2) is 11.3. The molecule has 0 bridgehead atoms. The number of carbonyl (C=O) groups is 1. The zero-order chi connectivity index (χ0) is 26.0. The minimum absolute atomic E-state index is 0.202. The molecule has 0 saturated heterocycles. The summed E-state index contributed by atoms with van der Waals surface area (Å²) in [5, 5.41) is 0. The van der Waals surface area contributed by atoms with Gasteiger partial charge in [-0.1, -0.05) is 39.4 Å². The van der Waals surface area contributed by atoms with Crippen molar-refractivity contribution in [3.8, 4) is 11.5 Å². The predicted molar refractivity (Wildman–Crippen MR) is 151 cm³/mol. The van der Waals surface area contributed by atoms with Crippen LogP contribution in [0, 0.1) is 3.57 Å². The molecule has 0 N–H and O–H groups in total. The average Bonchev–Trinajstić information content (AvgIpc) is 3.14. The van der Waals surface area contributed by atoms with Crippen LogP contribution in [0.5, 0.6) is 11.5 Å². The molecular formula is C26H24BrIN2O5S. The monoisotopic (exact) mass is 682 g/mol. The van der Waals surface area contributed by atoms with E-state index in [0.717, 1.165) is 9.13 Å². The van der Waals surface area contributed by atoms with Crippen LogP contribution >= 0.6 is 49.9 Å². The maximum absolute atomic E-state index is 13.8. The summed E-state index contributed by atoms with van der Waals surface area (Å²) in [7, 11) is 1.55. The third kappa shape index (κ3) is 5.16. The highest BCUT2D eigenvalue weighted by molar-refractivity contribution is 14.1. The Hall–Kier alpha value is -2.44. The number of nitrogens with zero attached hydrogens (tertiary/aromatic N) is 2. The van der Waals surface area contributed by atoms with E-state index in [9.17, 15) is 9.59 Å².